The SMILES string of the molecule is CCNC1CCN(c2cc(F)cc(Cl)c2)C(C)C1. The first-order valence-electron chi connectivity index (χ1n) is 6.56. The summed E-state index contributed by atoms with van der Waals surface area (Å²) in [5, 5.41) is 3.95. The number of nitrogens with zero attached hydrogens (tertiary/aromatic N) is 1. The van der Waals surface area contributed by atoms with E-state index in [-0.39, 0.29) is 5.82 Å². The smallest absolute Gasteiger partial charge is 0.126 e. The van der Waals surface area contributed by atoms with Crippen LogP contribution in [0.3, 0.4) is 0 Å². The maximum absolute atomic E-state index is 13.4. The summed E-state index contributed by atoms with van der Waals surface area (Å²) < 4.78 is 13.4. The minimum Gasteiger partial charge on any atom is -0.369 e. The Morgan fingerprint density at radius 2 is 2.22 bits per heavy atom. The van der Waals surface area contributed by atoms with Crippen molar-refractivity contribution < 1.29 is 4.39 Å². The third kappa shape index (κ3) is 3.15. The van der Waals surface area contributed by atoms with Gasteiger partial charge in [0, 0.05) is 29.3 Å². The second kappa shape index (κ2) is 5.89. The molecule has 4 heteroatoms. The molecule has 0 radical (unpaired) electrons. The van der Waals surface area contributed by atoms with Crippen LogP contribution < -0.4 is 10.2 Å². The number of nitrogens with one attached hydrogen (secondary N) is 1. The molecule has 0 aliphatic carbocycles. The first-order chi connectivity index (χ1) is 8.60. The van der Waals surface area contributed by atoms with Crippen LogP contribution in [0.1, 0.15) is 26.7 Å². The molecular formula is C14H20ClFN2. The molecule has 0 bridgehead atoms. The second-order valence-corrected chi connectivity index (χ2v) is 5.39. The fourth-order valence-corrected chi connectivity index (χ4v) is 2.95. The topological polar surface area (TPSA) is 15.3 Å². The molecule has 0 spiro atoms. The van der Waals surface area contributed by atoms with Crippen LogP contribution in [0.15, 0.2) is 18.2 Å². The lowest BCUT2D eigenvalue weighted by atomic mass is 9.97. The van der Waals surface area contributed by atoms with Gasteiger partial charge in [0.05, 0.1) is 0 Å². The Morgan fingerprint density at radius 1 is 1.44 bits per heavy atom. The van der Waals surface area contributed by atoms with Crippen molar-refractivity contribution in [1.82, 2.24) is 5.32 Å². The van der Waals surface area contributed by atoms with Crippen molar-refractivity contribution in [1.29, 1.82) is 0 Å². The van der Waals surface area contributed by atoms with Gasteiger partial charge in [-0.1, -0.05) is 18.5 Å². The standard InChI is InChI=1S/C14H20ClFN2/c1-3-17-13-4-5-18(10(2)6-13)14-8-11(15)7-12(16)9-14/h7-10,13,17H,3-6H2,1-2H3. The highest BCUT2D eigenvalue weighted by Gasteiger charge is 2.25. The predicted molar refractivity (Wildman–Crippen MR) is 74.9 cm³/mol. The van der Waals surface area contributed by atoms with Gasteiger partial charge in [-0.15, -0.1) is 0 Å². The van der Waals surface area contributed by atoms with E-state index in [4.69, 9.17) is 11.6 Å². The zero-order valence-electron chi connectivity index (χ0n) is 10.9. The zero-order chi connectivity index (χ0) is 13.1. The monoisotopic (exact) mass is 270 g/mol. The minimum absolute atomic E-state index is 0.265. The molecule has 1 N–H and O–H groups in total. The van der Waals surface area contributed by atoms with E-state index in [1.807, 2.05) is 6.07 Å². The molecule has 0 aromatic heterocycles. The molecule has 1 aromatic carbocycles. The highest BCUT2D eigenvalue weighted by molar-refractivity contribution is 6.30. The van der Waals surface area contributed by atoms with Crippen LogP contribution in [0.2, 0.25) is 5.02 Å². The molecule has 1 aliphatic rings. The third-order valence-corrected chi connectivity index (χ3v) is 3.77. The Morgan fingerprint density at radius 3 is 2.83 bits per heavy atom. The van der Waals surface area contributed by atoms with Crippen LogP contribution in [0, 0.1) is 5.82 Å². The van der Waals surface area contributed by atoms with E-state index in [0.29, 0.717) is 17.1 Å². The number of rotatable bonds is 3. The van der Waals surface area contributed by atoms with Crippen LogP contribution in [0.5, 0.6) is 0 Å². The van der Waals surface area contributed by atoms with Gasteiger partial charge in [0.2, 0.25) is 0 Å². The summed E-state index contributed by atoms with van der Waals surface area (Å²) >= 11 is 5.92. The Bertz CT molecular complexity index is 391. The highest BCUT2D eigenvalue weighted by Crippen LogP contribution is 2.28. The summed E-state index contributed by atoms with van der Waals surface area (Å²) in [5.41, 5.74) is 0.891. The summed E-state index contributed by atoms with van der Waals surface area (Å²) in [5.74, 6) is -0.265. The molecule has 1 aliphatic heterocycles. The Kier molecular flexibility index (Phi) is 4.46. The van der Waals surface area contributed by atoms with Crippen LogP contribution in [0.4, 0.5) is 10.1 Å². The Labute approximate surface area is 113 Å². The van der Waals surface area contributed by atoms with E-state index >= 15 is 0 Å². The van der Waals surface area contributed by atoms with Gasteiger partial charge < -0.3 is 10.2 Å². The largest absolute Gasteiger partial charge is 0.369 e. The van der Waals surface area contributed by atoms with Crippen LogP contribution in [-0.2, 0) is 0 Å². The summed E-state index contributed by atoms with van der Waals surface area (Å²) in [4.78, 5) is 2.24. The third-order valence-electron chi connectivity index (χ3n) is 3.55. The average Bonchev–Trinajstić information content (AvgIpc) is 2.28. The zero-order valence-corrected chi connectivity index (χ0v) is 11.7. The predicted octanol–water partition coefficient (Wildman–Crippen LogP) is 3.45. The quantitative estimate of drug-likeness (QED) is 0.905. The summed E-state index contributed by atoms with van der Waals surface area (Å²) in [7, 11) is 0. The van der Waals surface area contributed by atoms with Gasteiger partial charge >= 0.3 is 0 Å². The molecule has 2 rings (SSSR count). The summed E-state index contributed by atoms with van der Waals surface area (Å²) in [6, 6.07) is 5.73. The maximum atomic E-state index is 13.4. The fourth-order valence-electron chi connectivity index (χ4n) is 2.73. The van der Waals surface area contributed by atoms with E-state index in [1.54, 1.807) is 6.07 Å². The Balaban J connectivity index is 2.10. The molecular weight excluding hydrogens is 251 g/mol. The van der Waals surface area contributed by atoms with Gasteiger partial charge in [0.1, 0.15) is 5.82 Å². The van der Waals surface area contributed by atoms with E-state index in [9.17, 15) is 4.39 Å². The first kappa shape index (κ1) is 13.6. The summed E-state index contributed by atoms with van der Waals surface area (Å²) in [6.07, 6.45) is 2.17. The van der Waals surface area contributed by atoms with Crippen LogP contribution in [0.25, 0.3) is 0 Å². The number of hydrogen-bond acceptors (Lipinski definition) is 2. The molecule has 1 saturated heterocycles. The molecule has 0 saturated carbocycles. The van der Waals surface area contributed by atoms with E-state index in [0.717, 1.165) is 31.6 Å². The van der Waals surface area contributed by atoms with Gasteiger partial charge in [0.15, 0.2) is 0 Å². The van der Waals surface area contributed by atoms with Crippen molar-refractivity contribution in [3.8, 4) is 0 Å². The first-order valence-corrected chi connectivity index (χ1v) is 6.94. The maximum Gasteiger partial charge on any atom is 0.126 e. The minimum atomic E-state index is -0.265. The number of anilines is 1. The van der Waals surface area contributed by atoms with Gasteiger partial charge in [-0.05, 0) is 44.5 Å². The fraction of sp³-hybridized carbons (Fsp3) is 0.571. The molecule has 100 valence electrons. The van der Waals surface area contributed by atoms with Gasteiger partial charge in [-0.3, -0.25) is 0 Å². The van der Waals surface area contributed by atoms with Crippen LogP contribution >= 0.6 is 11.6 Å². The molecule has 1 heterocycles. The van der Waals surface area contributed by atoms with Gasteiger partial charge in [-0.2, -0.15) is 0 Å². The normalized spacial score (nSPS) is 24.3. The summed E-state index contributed by atoms with van der Waals surface area (Å²) in [6.45, 7) is 6.26. The van der Waals surface area contributed by atoms with Gasteiger partial charge in [0.25, 0.3) is 0 Å². The molecule has 2 unspecified atom stereocenters. The Hall–Kier alpha value is -0.800. The molecule has 2 nitrogen and oxygen atoms in total. The van der Waals surface area contributed by atoms with E-state index in [2.05, 4.69) is 24.1 Å². The molecule has 1 fully saturated rings. The molecule has 0 amide bonds. The van der Waals surface area contributed by atoms with Crippen molar-refractivity contribution in [2.45, 2.75) is 38.8 Å². The number of piperidine rings is 1. The van der Waals surface area contributed by atoms with Crippen LogP contribution in [-0.4, -0.2) is 25.2 Å². The lowest BCUT2D eigenvalue weighted by molar-refractivity contribution is 0.374. The molecule has 2 atom stereocenters. The van der Waals surface area contributed by atoms with Gasteiger partial charge in [-0.25, -0.2) is 4.39 Å². The average molecular weight is 271 g/mol. The van der Waals surface area contributed by atoms with Crippen molar-refractivity contribution in [2.24, 2.45) is 0 Å². The molecule has 18 heavy (non-hydrogen) atoms. The van der Waals surface area contributed by atoms with Crippen molar-refractivity contribution in [2.75, 3.05) is 18.0 Å². The lowest BCUT2D eigenvalue weighted by Gasteiger charge is -2.39. The molecule has 1 aromatic rings. The number of benzene rings is 1. The van der Waals surface area contributed by atoms with Crippen molar-refractivity contribution in [3.05, 3.63) is 29.0 Å². The highest BCUT2D eigenvalue weighted by atomic mass is 35.5. The second-order valence-electron chi connectivity index (χ2n) is 4.95. The van der Waals surface area contributed by atoms with Crippen molar-refractivity contribution >= 4 is 17.3 Å². The number of halogens is 2. The number of hydrogen-bond donors (Lipinski definition) is 1. The van der Waals surface area contributed by atoms with E-state index < -0.39 is 0 Å². The lowest BCUT2D eigenvalue weighted by Crippen LogP contribution is -2.47. The van der Waals surface area contributed by atoms with Crippen molar-refractivity contribution in [3.63, 3.8) is 0 Å². The van der Waals surface area contributed by atoms with E-state index in [1.165, 1.54) is 6.07 Å².